The van der Waals surface area contributed by atoms with Gasteiger partial charge in [-0.25, -0.2) is 0 Å². The molecule has 0 saturated carbocycles. The first-order valence-corrected chi connectivity index (χ1v) is 6.35. The summed E-state index contributed by atoms with van der Waals surface area (Å²) in [7, 11) is 0. The number of piperidine rings is 1. The van der Waals surface area contributed by atoms with Gasteiger partial charge in [-0.2, -0.15) is 0 Å². The molecule has 0 aromatic carbocycles. The zero-order valence-electron chi connectivity index (χ0n) is 9.90. The van der Waals surface area contributed by atoms with E-state index in [1.165, 1.54) is 44.9 Å². The number of hydrogen-bond donors (Lipinski definition) is 0. The molecule has 14 heavy (non-hydrogen) atoms. The predicted octanol–water partition coefficient (Wildman–Crippen LogP) is 3.34. The summed E-state index contributed by atoms with van der Waals surface area (Å²) < 4.78 is 0. The topological polar surface area (TPSA) is 3.24 Å². The van der Waals surface area contributed by atoms with Crippen LogP contribution in [0, 0.1) is 0 Å². The normalized spacial score (nSPS) is 56.8. The minimum Gasteiger partial charge on any atom is -0.287 e. The molecule has 80 valence electrons. The van der Waals surface area contributed by atoms with Gasteiger partial charge in [-0.05, 0) is 58.8 Å². The average molecular weight is 193 g/mol. The molecule has 0 radical (unpaired) electrons. The standard InChI is InChI=1S/C13H23N/c1-4-13-7-5-6-11(2)8-9-12(3,10-13)14(11)13/h4-10H2,1-3H3. The molecule has 0 aromatic rings. The molecule has 0 aliphatic carbocycles. The van der Waals surface area contributed by atoms with Crippen molar-refractivity contribution in [3.05, 3.63) is 0 Å². The Bertz CT molecular complexity index is 274. The summed E-state index contributed by atoms with van der Waals surface area (Å²) in [6.07, 6.45) is 10.1. The molecule has 3 atom stereocenters. The number of rotatable bonds is 1. The average Bonchev–Trinajstić information content (AvgIpc) is 2.36. The Morgan fingerprint density at radius 3 is 2.43 bits per heavy atom. The molecule has 0 N–H and O–H groups in total. The summed E-state index contributed by atoms with van der Waals surface area (Å²) in [5, 5.41) is 0. The molecule has 3 aliphatic rings. The first-order valence-electron chi connectivity index (χ1n) is 6.35. The van der Waals surface area contributed by atoms with Crippen LogP contribution in [0.4, 0.5) is 0 Å². The van der Waals surface area contributed by atoms with Crippen molar-refractivity contribution in [2.45, 2.75) is 82.3 Å². The van der Waals surface area contributed by atoms with Crippen LogP contribution in [0.1, 0.15) is 65.7 Å². The van der Waals surface area contributed by atoms with Crippen molar-refractivity contribution < 1.29 is 0 Å². The highest BCUT2D eigenvalue weighted by atomic mass is 15.4. The van der Waals surface area contributed by atoms with Crippen LogP contribution >= 0.6 is 0 Å². The summed E-state index contributed by atoms with van der Waals surface area (Å²) in [6.45, 7) is 7.40. The van der Waals surface area contributed by atoms with Gasteiger partial charge in [-0.15, -0.1) is 0 Å². The molecule has 3 unspecified atom stereocenters. The fraction of sp³-hybridized carbons (Fsp3) is 1.00. The maximum absolute atomic E-state index is 2.93. The molecular weight excluding hydrogens is 170 g/mol. The first kappa shape index (κ1) is 9.21. The number of nitrogens with zero attached hydrogens (tertiary/aromatic N) is 1. The summed E-state index contributed by atoms with van der Waals surface area (Å²) >= 11 is 0. The lowest BCUT2D eigenvalue weighted by molar-refractivity contribution is -0.185. The van der Waals surface area contributed by atoms with Gasteiger partial charge in [0.2, 0.25) is 0 Å². The largest absolute Gasteiger partial charge is 0.287 e. The van der Waals surface area contributed by atoms with Crippen LogP contribution in [-0.2, 0) is 0 Å². The van der Waals surface area contributed by atoms with Gasteiger partial charge < -0.3 is 0 Å². The zero-order valence-corrected chi connectivity index (χ0v) is 9.90. The lowest BCUT2D eigenvalue weighted by Gasteiger charge is -2.69. The third-order valence-corrected chi connectivity index (χ3v) is 5.48. The fourth-order valence-corrected chi connectivity index (χ4v) is 5.12. The van der Waals surface area contributed by atoms with E-state index in [0.717, 1.165) is 0 Å². The van der Waals surface area contributed by atoms with Gasteiger partial charge in [0.1, 0.15) is 0 Å². The molecule has 0 aromatic heterocycles. The van der Waals surface area contributed by atoms with Crippen molar-refractivity contribution in [1.82, 2.24) is 4.90 Å². The van der Waals surface area contributed by atoms with Crippen LogP contribution in [0.25, 0.3) is 0 Å². The van der Waals surface area contributed by atoms with Gasteiger partial charge >= 0.3 is 0 Å². The third-order valence-electron chi connectivity index (χ3n) is 5.48. The third kappa shape index (κ3) is 0.816. The molecular formula is C13H23N. The second-order valence-electron chi connectivity index (χ2n) is 6.44. The molecule has 0 amide bonds. The molecule has 0 bridgehead atoms. The van der Waals surface area contributed by atoms with Crippen molar-refractivity contribution in [3.63, 3.8) is 0 Å². The second kappa shape index (κ2) is 2.37. The highest BCUT2D eigenvalue weighted by molar-refractivity contribution is 5.23. The molecule has 3 fully saturated rings. The monoisotopic (exact) mass is 193 g/mol. The van der Waals surface area contributed by atoms with E-state index >= 15 is 0 Å². The summed E-state index contributed by atoms with van der Waals surface area (Å²) in [5.41, 5.74) is 1.78. The Morgan fingerprint density at radius 2 is 1.71 bits per heavy atom. The van der Waals surface area contributed by atoms with E-state index in [-0.39, 0.29) is 0 Å². The lowest BCUT2D eigenvalue weighted by Crippen LogP contribution is -2.75. The molecule has 3 aliphatic heterocycles. The predicted molar refractivity (Wildman–Crippen MR) is 59.4 cm³/mol. The maximum Gasteiger partial charge on any atom is 0.0235 e. The zero-order chi connectivity index (χ0) is 10.0. The Hall–Kier alpha value is -0.0400. The van der Waals surface area contributed by atoms with E-state index < -0.39 is 0 Å². The second-order valence-corrected chi connectivity index (χ2v) is 6.44. The van der Waals surface area contributed by atoms with Gasteiger partial charge in [0.05, 0.1) is 0 Å². The molecule has 1 nitrogen and oxygen atoms in total. The van der Waals surface area contributed by atoms with E-state index in [1.807, 2.05) is 0 Å². The van der Waals surface area contributed by atoms with Crippen molar-refractivity contribution in [1.29, 1.82) is 0 Å². The van der Waals surface area contributed by atoms with E-state index in [9.17, 15) is 0 Å². The number of hydrogen-bond acceptors (Lipinski definition) is 1. The maximum atomic E-state index is 2.93. The van der Waals surface area contributed by atoms with Crippen molar-refractivity contribution in [2.24, 2.45) is 0 Å². The molecule has 3 heterocycles. The molecule has 3 rings (SSSR count). The lowest BCUT2D eigenvalue weighted by atomic mass is 9.63. The van der Waals surface area contributed by atoms with Crippen molar-refractivity contribution in [2.75, 3.05) is 0 Å². The minimum absolute atomic E-state index is 0.571. The van der Waals surface area contributed by atoms with Gasteiger partial charge in [-0.3, -0.25) is 4.90 Å². The highest BCUT2D eigenvalue weighted by Gasteiger charge is 2.67. The van der Waals surface area contributed by atoms with E-state index in [1.54, 1.807) is 0 Å². The summed E-state index contributed by atoms with van der Waals surface area (Å²) in [5.74, 6) is 0. The van der Waals surface area contributed by atoms with Gasteiger partial charge in [-0.1, -0.05) is 6.92 Å². The minimum atomic E-state index is 0.571. The van der Waals surface area contributed by atoms with E-state index in [2.05, 4.69) is 25.7 Å². The van der Waals surface area contributed by atoms with Crippen molar-refractivity contribution in [3.8, 4) is 0 Å². The Balaban J connectivity index is 2.01. The van der Waals surface area contributed by atoms with E-state index in [0.29, 0.717) is 16.6 Å². The Morgan fingerprint density at radius 1 is 1.00 bits per heavy atom. The Labute approximate surface area is 87.9 Å². The summed E-state index contributed by atoms with van der Waals surface area (Å²) in [6, 6.07) is 0. The van der Waals surface area contributed by atoms with Crippen LogP contribution in [0.15, 0.2) is 0 Å². The molecule has 0 spiro atoms. The van der Waals surface area contributed by atoms with Crippen LogP contribution in [0.2, 0.25) is 0 Å². The molecule has 1 heteroatoms. The first-order chi connectivity index (χ1) is 6.55. The van der Waals surface area contributed by atoms with Gasteiger partial charge in [0.25, 0.3) is 0 Å². The van der Waals surface area contributed by atoms with Crippen LogP contribution in [-0.4, -0.2) is 21.5 Å². The van der Waals surface area contributed by atoms with E-state index in [4.69, 9.17) is 0 Å². The van der Waals surface area contributed by atoms with Gasteiger partial charge in [0.15, 0.2) is 0 Å². The van der Waals surface area contributed by atoms with Crippen LogP contribution in [0.3, 0.4) is 0 Å². The Kier molecular flexibility index (Phi) is 1.56. The smallest absolute Gasteiger partial charge is 0.0235 e. The fourth-order valence-electron chi connectivity index (χ4n) is 5.12. The highest BCUT2D eigenvalue weighted by Crippen LogP contribution is 2.64. The SMILES string of the molecule is CCC12CCCC3(C)CCC(C)(C1)N32. The van der Waals surface area contributed by atoms with Crippen LogP contribution in [0.5, 0.6) is 0 Å². The summed E-state index contributed by atoms with van der Waals surface area (Å²) in [4.78, 5) is 2.93. The molecule has 3 saturated heterocycles. The van der Waals surface area contributed by atoms with Crippen LogP contribution < -0.4 is 0 Å². The van der Waals surface area contributed by atoms with Gasteiger partial charge in [0, 0.05) is 16.6 Å². The quantitative estimate of drug-likeness (QED) is 0.617. The van der Waals surface area contributed by atoms with Crippen molar-refractivity contribution >= 4 is 0 Å².